The first kappa shape index (κ1) is 20.5. The maximum atomic E-state index is 13.2. The second-order valence-corrected chi connectivity index (χ2v) is 9.44. The minimum absolute atomic E-state index is 0.0923. The van der Waals surface area contributed by atoms with Crippen LogP contribution in [0.2, 0.25) is 0 Å². The van der Waals surface area contributed by atoms with E-state index in [9.17, 15) is 4.79 Å². The molecule has 2 aliphatic rings. The van der Waals surface area contributed by atoms with E-state index in [-0.39, 0.29) is 18.0 Å². The molecule has 2 fully saturated rings. The molecule has 0 aliphatic carbocycles. The van der Waals surface area contributed by atoms with E-state index in [0.717, 1.165) is 67.4 Å². The lowest BCUT2D eigenvalue weighted by Crippen LogP contribution is -2.52. The lowest BCUT2D eigenvalue weighted by molar-refractivity contribution is -0.123. The van der Waals surface area contributed by atoms with Crippen LogP contribution in [-0.4, -0.2) is 47.5 Å². The summed E-state index contributed by atoms with van der Waals surface area (Å²) < 4.78 is 6.97. The van der Waals surface area contributed by atoms with Gasteiger partial charge in [-0.15, -0.1) is 0 Å². The number of aromatic nitrogens is 1. The van der Waals surface area contributed by atoms with E-state index >= 15 is 0 Å². The molecule has 2 aliphatic heterocycles. The van der Waals surface area contributed by atoms with Crippen molar-refractivity contribution in [2.75, 3.05) is 24.5 Å². The number of carbonyl (C=O) groups excluding carboxylic acids is 1. The van der Waals surface area contributed by atoms with Gasteiger partial charge < -0.3 is 14.6 Å². The van der Waals surface area contributed by atoms with Gasteiger partial charge in [-0.2, -0.15) is 4.98 Å². The Morgan fingerprint density at radius 1 is 1.13 bits per heavy atom. The molecule has 3 aromatic rings. The van der Waals surface area contributed by atoms with E-state index in [1.54, 1.807) is 0 Å². The molecular weight excluding hydrogens is 456 g/mol. The van der Waals surface area contributed by atoms with Gasteiger partial charge in [0.05, 0.1) is 0 Å². The van der Waals surface area contributed by atoms with Crippen molar-refractivity contribution in [1.29, 1.82) is 0 Å². The highest BCUT2D eigenvalue weighted by Crippen LogP contribution is 2.29. The summed E-state index contributed by atoms with van der Waals surface area (Å²) in [6.07, 6.45) is 3.91. The Hall–Kier alpha value is -2.38. The molecule has 0 bridgehead atoms. The van der Waals surface area contributed by atoms with Gasteiger partial charge in [-0.05, 0) is 49.4 Å². The SMILES string of the molecule is O=C(N[C@H]1CCN(Cc2ccccc2)C1)[C@@H]1CCCCN1c1nc2ccc(Br)cc2o1. The minimum atomic E-state index is -0.228. The number of rotatable bonds is 5. The lowest BCUT2D eigenvalue weighted by atomic mass is 10.0. The molecule has 0 spiro atoms. The summed E-state index contributed by atoms with van der Waals surface area (Å²) in [5, 5.41) is 3.31. The Labute approximate surface area is 190 Å². The van der Waals surface area contributed by atoms with Crippen molar-refractivity contribution in [3.63, 3.8) is 0 Å². The van der Waals surface area contributed by atoms with Crippen LogP contribution in [-0.2, 0) is 11.3 Å². The zero-order valence-electron chi connectivity index (χ0n) is 17.5. The van der Waals surface area contributed by atoms with Crippen LogP contribution in [0.1, 0.15) is 31.2 Å². The number of halogens is 1. The number of nitrogens with one attached hydrogen (secondary N) is 1. The molecule has 3 heterocycles. The summed E-state index contributed by atoms with van der Waals surface area (Å²) in [5.41, 5.74) is 2.87. The summed E-state index contributed by atoms with van der Waals surface area (Å²) >= 11 is 3.48. The average molecular weight is 483 g/mol. The molecule has 1 N–H and O–H groups in total. The van der Waals surface area contributed by atoms with Gasteiger partial charge in [-0.3, -0.25) is 9.69 Å². The summed E-state index contributed by atoms with van der Waals surface area (Å²) in [6, 6.07) is 16.8. The molecule has 162 valence electrons. The fourth-order valence-electron chi connectivity index (χ4n) is 4.68. The van der Waals surface area contributed by atoms with Crippen molar-refractivity contribution < 1.29 is 9.21 Å². The molecule has 2 saturated heterocycles. The second kappa shape index (κ2) is 9.01. The fraction of sp³-hybridized carbons (Fsp3) is 0.417. The van der Waals surface area contributed by atoms with Crippen LogP contribution in [0.3, 0.4) is 0 Å². The largest absolute Gasteiger partial charge is 0.423 e. The van der Waals surface area contributed by atoms with Crippen molar-refractivity contribution in [1.82, 2.24) is 15.2 Å². The van der Waals surface area contributed by atoms with Crippen molar-refractivity contribution >= 4 is 39.0 Å². The van der Waals surface area contributed by atoms with Crippen LogP contribution in [0.5, 0.6) is 0 Å². The van der Waals surface area contributed by atoms with Gasteiger partial charge >= 0.3 is 0 Å². The number of piperidine rings is 1. The van der Waals surface area contributed by atoms with Gasteiger partial charge in [0.2, 0.25) is 5.91 Å². The topological polar surface area (TPSA) is 61.6 Å². The maximum Gasteiger partial charge on any atom is 0.299 e. The Balaban J connectivity index is 1.24. The molecule has 2 aromatic carbocycles. The number of anilines is 1. The van der Waals surface area contributed by atoms with Crippen LogP contribution >= 0.6 is 15.9 Å². The second-order valence-electron chi connectivity index (χ2n) is 8.53. The van der Waals surface area contributed by atoms with Crippen molar-refractivity contribution in [3.05, 3.63) is 58.6 Å². The molecular formula is C24H27BrN4O2. The number of hydrogen-bond donors (Lipinski definition) is 1. The first-order valence-corrected chi connectivity index (χ1v) is 11.8. The van der Waals surface area contributed by atoms with E-state index in [2.05, 4.69) is 55.4 Å². The van der Waals surface area contributed by atoms with Crippen LogP contribution in [0.15, 0.2) is 57.4 Å². The quantitative estimate of drug-likeness (QED) is 0.585. The van der Waals surface area contributed by atoms with E-state index in [4.69, 9.17) is 4.42 Å². The first-order chi connectivity index (χ1) is 15.2. The van der Waals surface area contributed by atoms with Crippen LogP contribution in [0.25, 0.3) is 11.1 Å². The summed E-state index contributed by atoms with van der Waals surface area (Å²) in [6.45, 7) is 3.62. The van der Waals surface area contributed by atoms with E-state index < -0.39 is 0 Å². The third-order valence-electron chi connectivity index (χ3n) is 6.26. The van der Waals surface area contributed by atoms with Gasteiger partial charge in [-0.25, -0.2) is 0 Å². The van der Waals surface area contributed by atoms with Gasteiger partial charge in [0.25, 0.3) is 6.01 Å². The maximum absolute atomic E-state index is 13.2. The highest BCUT2D eigenvalue weighted by atomic mass is 79.9. The number of benzene rings is 2. The van der Waals surface area contributed by atoms with Gasteiger partial charge in [0.1, 0.15) is 11.6 Å². The van der Waals surface area contributed by atoms with E-state index in [1.807, 2.05) is 29.2 Å². The summed E-state index contributed by atoms with van der Waals surface area (Å²) in [5.74, 6) is 0.0923. The summed E-state index contributed by atoms with van der Waals surface area (Å²) in [4.78, 5) is 22.3. The molecule has 7 heteroatoms. The van der Waals surface area contributed by atoms with Gasteiger partial charge in [0.15, 0.2) is 5.58 Å². The van der Waals surface area contributed by atoms with Gasteiger partial charge in [-0.1, -0.05) is 46.3 Å². The third-order valence-corrected chi connectivity index (χ3v) is 6.75. The molecule has 0 radical (unpaired) electrons. The Kier molecular flexibility index (Phi) is 5.96. The number of amides is 1. The predicted octanol–water partition coefficient (Wildman–Crippen LogP) is 4.34. The number of carbonyl (C=O) groups is 1. The fourth-order valence-corrected chi connectivity index (χ4v) is 5.02. The standard InChI is InChI=1S/C24H27BrN4O2/c25-18-9-10-20-22(14-18)31-24(27-20)29-12-5-4-8-21(29)23(30)26-19-11-13-28(16-19)15-17-6-2-1-3-7-17/h1-3,6-7,9-10,14,19,21H,4-5,8,11-13,15-16H2,(H,26,30)/t19-,21-/m0/s1. The zero-order chi connectivity index (χ0) is 21.2. The van der Waals surface area contributed by atoms with Gasteiger partial charge in [0, 0.05) is 36.7 Å². The number of hydrogen-bond acceptors (Lipinski definition) is 5. The van der Waals surface area contributed by atoms with Crippen molar-refractivity contribution in [2.24, 2.45) is 0 Å². The van der Waals surface area contributed by atoms with E-state index in [0.29, 0.717) is 6.01 Å². The van der Waals surface area contributed by atoms with Crippen molar-refractivity contribution in [2.45, 2.75) is 44.3 Å². The summed E-state index contributed by atoms with van der Waals surface area (Å²) in [7, 11) is 0. The Morgan fingerprint density at radius 3 is 2.87 bits per heavy atom. The third kappa shape index (κ3) is 4.62. The highest BCUT2D eigenvalue weighted by Gasteiger charge is 2.34. The number of fused-ring (bicyclic) bond motifs is 1. The monoisotopic (exact) mass is 482 g/mol. The highest BCUT2D eigenvalue weighted by molar-refractivity contribution is 9.10. The normalized spacial score (nSPS) is 22.2. The molecule has 5 rings (SSSR count). The van der Waals surface area contributed by atoms with Crippen LogP contribution < -0.4 is 10.2 Å². The Bertz CT molecular complexity index is 1050. The molecule has 1 aromatic heterocycles. The van der Waals surface area contributed by atoms with Crippen LogP contribution in [0.4, 0.5) is 6.01 Å². The molecule has 0 unspecified atom stereocenters. The molecule has 2 atom stereocenters. The number of likely N-dealkylation sites (tertiary alicyclic amines) is 1. The lowest BCUT2D eigenvalue weighted by Gasteiger charge is -2.34. The molecule has 1 amide bonds. The minimum Gasteiger partial charge on any atom is -0.423 e. The Morgan fingerprint density at radius 2 is 2.00 bits per heavy atom. The predicted molar refractivity (Wildman–Crippen MR) is 125 cm³/mol. The molecule has 0 saturated carbocycles. The zero-order valence-corrected chi connectivity index (χ0v) is 19.1. The van der Waals surface area contributed by atoms with E-state index in [1.165, 1.54) is 5.56 Å². The average Bonchev–Trinajstić information content (AvgIpc) is 3.40. The van der Waals surface area contributed by atoms with Crippen molar-refractivity contribution in [3.8, 4) is 0 Å². The first-order valence-electron chi connectivity index (χ1n) is 11.0. The smallest absolute Gasteiger partial charge is 0.299 e. The number of nitrogens with zero attached hydrogens (tertiary/aromatic N) is 3. The number of oxazole rings is 1. The van der Waals surface area contributed by atoms with Crippen LogP contribution in [0, 0.1) is 0 Å². The molecule has 6 nitrogen and oxygen atoms in total. The molecule has 31 heavy (non-hydrogen) atoms.